The van der Waals surface area contributed by atoms with Crippen LogP contribution in [0.15, 0.2) is 23.1 Å². The number of rotatable bonds is 7. The maximum atomic E-state index is 12.3. The van der Waals surface area contributed by atoms with Gasteiger partial charge in [-0.25, -0.2) is 8.42 Å². The van der Waals surface area contributed by atoms with Crippen LogP contribution in [0.3, 0.4) is 0 Å². The molecule has 0 bridgehead atoms. The highest BCUT2D eigenvalue weighted by molar-refractivity contribution is 7.99. The number of aryl methyl sites for hydroxylation is 1. The number of hydrogen-bond acceptors (Lipinski definition) is 4. The lowest BCUT2D eigenvalue weighted by atomic mass is 10.2. The summed E-state index contributed by atoms with van der Waals surface area (Å²) in [4.78, 5) is 0.511. The van der Waals surface area contributed by atoms with Crippen molar-refractivity contribution >= 4 is 27.3 Å². The molecule has 0 fully saturated rings. The Morgan fingerprint density at radius 2 is 1.95 bits per heavy atom. The molecule has 0 heterocycles. The normalized spacial score (nSPS) is 12.4. The zero-order valence-electron chi connectivity index (χ0n) is 11.8. The van der Waals surface area contributed by atoms with Crippen LogP contribution in [0.25, 0.3) is 0 Å². The Morgan fingerprint density at radius 1 is 1.29 bits per heavy atom. The summed E-state index contributed by atoms with van der Waals surface area (Å²) in [6.07, 6.45) is -2.65. The van der Waals surface area contributed by atoms with E-state index in [2.05, 4.69) is 5.32 Å². The first-order chi connectivity index (χ1) is 9.57. The van der Waals surface area contributed by atoms with Crippen LogP contribution in [0.2, 0.25) is 0 Å². The van der Waals surface area contributed by atoms with Gasteiger partial charge >= 0.3 is 6.18 Å². The van der Waals surface area contributed by atoms with Crippen molar-refractivity contribution in [1.82, 2.24) is 0 Å². The van der Waals surface area contributed by atoms with E-state index in [9.17, 15) is 21.6 Å². The van der Waals surface area contributed by atoms with Crippen LogP contribution >= 0.6 is 11.8 Å². The van der Waals surface area contributed by atoms with Crippen LogP contribution in [0.1, 0.15) is 12.0 Å². The molecule has 0 aliphatic rings. The number of halogens is 3. The number of hydrogen-bond donors (Lipinski definition) is 1. The second-order valence-electron chi connectivity index (χ2n) is 4.81. The van der Waals surface area contributed by atoms with Crippen molar-refractivity contribution in [2.75, 3.05) is 29.6 Å². The lowest BCUT2D eigenvalue weighted by Gasteiger charge is -2.13. The Balaban J connectivity index is 2.64. The van der Waals surface area contributed by atoms with E-state index in [-0.39, 0.29) is 5.75 Å². The minimum absolute atomic E-state index is 0.0524. The van der Waals surface area contributed by atoms with Gasteiger partial charge in [-0.05, 0) is 31.0 Å². The predicted octanol–water partition coefficient (Wildman–Crippen LogP) is 3.50. The molecule has 1 N–H and O–H groups in total. The smallest absolute Gasteiger partial charge is 0.384 e. The molecule has 0 aromatic heterocycles. The van der Waals surface area contributed by atoms with Crippen molar-refractivity contribution in [3.05, 3.63) is 23.8 Å². The topological polar surface area (TPSA) is 46.2 Å². The number of thioether (sulfide) groups is 1. The molecule has 0 atom stereocenters. The van der Waals surface area contributed by atoms with Crippen LogP contribution in [-0.2, 0) is 9.84 Å². The van der Waals surface area contributed by atoms with Crippen molar-refractivity contribution in [2.24, 2.45) is 0 Å². The third-order valence-electron chi connectivity index (χ3n) is 2.53. The van der Waals surface area contributed by atoms with Crippen molar-refractivity contribution in [2.45, 2.75) is 24.4 Å². The molecule has 0 aliphatic carbocycles. The highest BCUT2D eigenvalue weighted by atomic mass is 32.2. The summed E-state index contributed by atoms with van der Waals surface area (Å²) in [5.41, 5.74) is 1.54. The summed E-state index contributed by atoms with van der Waals surface area (Å²) in [6.45, 7) is 2.25. The molecular weight excluding hydrogens is 323 g/mol. The van der Waals surface area contributed by atoms with Gasteiger partial charge in [-0.15, -0.1) is 11.8 Å². The number of nitrogens with one attached hydrogen (secondary N) is 1. The van der Waals surface area contributed by atoms with Crippen molar-refractivity contribution in [1.29, 1.82) is 0 Å². The van der Waals surface area contributed by atoms with Gasteiger partial charge < -0.3 is 5.32 Å². The molecule has 0 unspecified atom stereocenters. The van der Waals surface area contributed by atoms with Gasteiger partial charge in [0.05, 0.1) is 11.5 Å². The van der Waals surface area contributed by atoms with Gasteiger partial charge in [-0.3, -0.25) is 0 Å². The van der Waals surface area contributed by atoms with E-state index in [1.54, 1.807) is 18.2 Å². The maximum Gasteiger partial charge on any atom is 0.398 e. The molecule has 0 aliphatic heterocycles. The van der Waals surface area contributed by atoms with Gasteiger partial charge in [-0.1, -0.05) is 6.07 Å². The third kappa shape index (κ3) is 8.21. The summed E-state index contributed by atoms with van der Waals surface area (Å²) in [6, 6.07) is 5.16. The van der Waals surface area contributed by atoms with E-state index < -0.39 is 21.8 Å². The van der Waals surface area contributed by atoms with Crippen molar-refractivity contribution in [3.63, 3.8) is 0 Å². The first kappa shape index (κ1) is 18.2. The van der Waals surface area contributed by atoms with Gasteiger partial charge in [0, 0.05) is 23.4 Å². The molecule has 3 nitrogen and oxygen atoms in total. The minimum Gasteiger partial charge on any atom is -0.384 e. The van der Waals surface area contributed by atoms with E-state index >= 15 is 0 Å². The molecule has 1 rings (SSSR count). The lowest BCUT2D eigenvalue weighted by Crippen LogP contribution is -2.12. The van der Waals surface area contributed by atoms with Gasteiger partial charge in [0.25, 0.3) is 0 Å². The average Bonchev–Trinajstić information content (AvgIpc) is 2.31. The Morgan fingerprint density at radius 3 is 2.52 bits per heavy atom. The minimum atomic E-state index is -4.22. The lowest BCUT2D eigenvalue weighted by molar-refractivity contribution is -0.105. The van der Waals surface area contributed by atoms with E-state index in [0.717, 1.165) is 23.6 Å². The number of alkyl halides is 3. The van der Waals surface area contributed by atoms with Crippen LogP contribution < -0.4 is 5.32 Å². The second-order valence-corrected chi connectivity index (χ2v) is 8.09. The Kier molecular flexibility index (Phi) is 6.40. The summed E-state index contributed by atoms with van der Waals surface area (Å²) < 4.78 is 58.9. The molecule has 1 aromatic rings. The highest BCUT2D eigenvalue weighted by Gasteiger charge is 2.27. The maximum absolute atomic E-state index is 12.3. The molecular formula is C13H18F3NO2S2. The van der Waals surface area contributed by atoms with Gasteiger partial charge in [0.15, 0.2) is 0 Å². The van der Waals surface area contributed by atoms with Crippen molar-refractivity contribution in [3.8, 4) is 0 Å². The van der Waals surface area contributed by atoms with E-state index in [4.69, 9.17) is 0 Å². The van der Waals surface area contributed by atoms with Gasteiger partial charge in [-0.2, -0.15) is 13.2 Å². The zero-order valence-corrected chi connectivity index (χ0v) is 13.5. The van der Waals surface area contributed by atoms with E-state index in [1.807, 2.05) is 6.92 Å². The first-order valence-corrected chi connectivity index (χ1v) is 9.33. The number of benzene rings is 1. The SMILES string of the molecule is Cc1ccc(SCC(F)(F)F)c(NCCCS(C)(=O)=O)c1. The van der Waals surface area contributed by atoms with Gasteiger partial charge in [0.2, 0.25) is 0 Å². The van der Waals surface area contributed by atoms with Gasteiger partial charge in [0.1, 0.15) is 9.84 Å². The number of sulfone groups is 1. The zero-order chi connectivity index (χ0) is 16.1. The summed E-state index contributed by atoms with van der Waals surface area (Å²) >= 11 is 0.721. The van der Waals surface area contributed by atoms with E-state index in [0.29, 0.717) is 23.5 Å². The third-order valence-corrected chi connectivity index (χ3v) is 4.70. The second kappa shape index (κ2) is 7.40. The predicted molar refractivity (Wildman–Crippen MR) is 80.8 cm³/mol. The molecule has 8 heteroatoms. The molecule has 0 radical (unpaired) electrons. The van der Waals surface area contributed by atoms with Crippen LogP contribution in [0.4, 0.5) is 18.9 Å². The Bertz CT molecular complexity index is 571. The highest BCUT2D eigenvalue weighted by Crippen LogP contribution is 2.32. The molecule has 0 saturated heterocycles. The average molecular weight is 341 g/mol. The summed E-state index contributed by atoms with van der Waals surface area (Å²) in [7, 11) is -3.02. The monoisotopic (exact) mass is 341 g/mol. The summed E-state index contributed by atoms with van der Waals surface area (Å²) in [5, 5.41) is 3.01. The standard InChI is InChI=1S/C13H18F3NO2S2/c1-10-4-5-12(20-9-13(14,15)16)11(8-10)17-6-3-7-21(2,18)19/h4-5,8,17H,3,6-7,9H2,1-2H3. The fourth-order valence-corrected chi connectivity index (χ4v) is 3.06. The molecule has 120 valence electrons. The van der Waals surface area contributed by atoms with E-state index in [1.165, 1.54) is 0 Å². The first-order valence-electron chi connectivity index (χ1n) is 6.29. The fraction of sp³-hybridized carbons (Fsp3) is 0.538. The molecule has 0 amide bonds. The van der Waals surface area contributed by atoms with Crippen LogP contribution in [0, 0.1) is 6.92 Å². The Hall–Kier alpha value is -0.890. The van der Waals surface area contributed by atoms with Crippen LogP contribution in [0.5, 0.6) is 0 Å². The molecule has 21 heavy (non-hydrogen) atoms. The summed E-state index contributed by atoms with van der Waals surface area (Å²) in [5.74, 6) is -0.898. The quantitative estimate of drug-likeness (QED) is 0.609. The molecule has 1 aromatic carbocycles. The van der Waals surface area contributed by atoms with Crippen molar-refractivity contribution < 1.29 is 21.6 Å². The Labute approximate surface area is 127 Å². The van der Waals surface area contributed by atoms with Crippen LogP contribution in [-0.4, -0.2) is 38.9 Å². The number of anilines is 1. The largest absolute Gasteiger partial charge is 0.398 e. The molecule has 0 spiro atoms. The fourth-order valence-electron chi connectivity index (χ4n) is 1.62. The molecule has 0 saturated carbocycles.